The van der Waals surface area contributed by atoms with Crippen molar-refractivity contribution in [3.05, 3.63) is 0 Å². The lowest BCUT2D eigenvalue weighted by atomic mass is 9.94. The number of nitrogens with zero attached hydrogens (tertiary/aromatic N) is 1. The zero-order chi connectivity index (χ0) is 10.8. The van der Waals surface area contributed by atoms with Gasteiger partial charge in [-0.1, -0.05) is 26.2 Å². The molecule has 0 aromatic carbocycles. The molecular weight excluding hydrogens is 186 g/mol. The van der Waals surface area contributed by atoms with Crippen molar-refractivity contribution in [3.63, 3.8) is 0 Å². The van der Waals surface area contributed by atoms with Crippen LogP contribution in [0.1, 0.15) is 52.4 Å². The third-order valence-electron chi connectivity index (χ3n) is 4.07. The van der Waals surface area contributed by atoms with Crippen LogP contribution in [0.4, 0.5) is 0 Å². The van der Waals surface area contributed by atoms with Crippen molar-refractivity contribution >= 4 is 5.91 Å². The van der Waals surface area contributed by atoms with Crippen molar-refractivity contribution in [1.29, 1.82) is 0 Å². The molecule has 1 amide bonds. The molecule has 2 aliphatic carbocycles. The Morgan fingerprint density at radius 3 is 2.33 bits per heavy atom. The van der Waals surface area contributed by atoms with Crippen LogP contribution in [-0.4, -0.2) is 23.4 Å². The summed E-state index contributed by atoms with van der Waals surface area (Å²) in [5.74, 6) is 1.46. The molecule has 0 saturated heterocycles. The van der Waals surface area contributed by atoms with Gasteiger partial charge in [0, 0.05) is 18.5 Å². The topological polar surface area (TPSA) is 20.3 Å². The molecule has 0 bridgehead atoms. The van der Waals surface area contributed by atoms with E-state index in [0.29, 0.717) is 23.8 Å². The average Bonchev–Trinajstić information content (AvgIpc) is 2.98. The summed E-state index contributed by atoms with van der Waals surface area (Å²) in [6.45, 7) is 5.23. The van der Waals surface area contributed by atoms with Crippen LogP contribution in [0.2, 0.25) is 0 Å². The number of hydrogen-bond donors (Lipinski definition) is 0. The quantitative estimate of drug-likeness (QED) is 0.700. The summed E-state index contributed by atoms with van der Waals surface area (Å²) in [7, 11) is 0. The SMILES string of the molecule is CCN(C(=O)C1CC1C)C1CCCCC1. The van der Waals surface area contributed by atoms with E-state index in [4.69, 9.17) is 0 Å². The van der Waals surface area contributed by atoms with Gasteiger partial charge in [0.1, 0.15) is 0 Å². The normalized spacial score (nSPS) is 31.3. The summed E-state index contributed by atoms with van der Waals surface area (Å²) >= 11 is 0. The van der Waals surface area contributed by atoms with Gasteiger partial charge in [0.25, 0.3) is 0 Å². The molecule has 0 radical (unpaired) electrons. The maximum absolute atomic E-state index is 12.2. The van der Waals surface area contributed by atoms with Crippen molar-refractivity contribution in [1.82, 2.24) is 4.90 Å². The molecule has 2 fully saturated rings. The highest BCUT2D eigenvalue weighted by molar-refractivity contribution is 5.81. The van der Waals surface area contributed by atoms with Gasteiger partial charge in [-0.15, -0.1) is 0 Å². The summed E-state index contributed by atoms with van der Waals surface area (Å²) in [5, 5.41) is 0. The van der Waals surface area contributed by atoms with E-state index in [0.717, 1.165) is 13.0 Å². The Kier molecular flexibility index (Phi) is 3.32. The van der Waals surface area contributed by atoms with Crippen LogP contribution in [0.3, 0.4) is 0 Å². The minimum absolute atomic E-state index is 0.367. The van der Waals surface area contributed by atoms with E-state index in [1.54, 1.807) is 0 Å². The maximum Gasteiger partial charge on any atom is 0.226 e. The molecule has 2 unspecified atom stereocenters. The fourth-order valence-electron chi connectivity index (χ4n) is 2.87. The molecule has 2 rings (SSSR count). The van der Waals surface area contributed by atoms with Crippen molar-refractivity contribution in [2.45, 2.75) is 58.4 Å². The van der Waals surface area contributed by atoms with Crippen LogP contribution < -0.4 is 0 Å². The highest BCUT2D eigenvalue weighted by atomic mass is 16.2. The smallest absolute Gasteiger partial charge is 0.226 e. The Labute approximate surface area is 93.0 Å². The highest BCUT2D eigenvalue weighted by Crippen LogP contribution is 2.40. The number of carbonyl (C=O) groups is 1. The first-order valence-corrected chi connectivity index (χ1v) is 6.54. The zero-order valence-corrected chi connectivity index (χ0v) is 10.0. The predicted octanol–water partition coefficient (Wildman–Crippen LogP) is 2.82. The van der Waals surface area contributed by atoms with E-state index in [1.165, 1.54) is 32.1 Å². The minimum atomic E-state index is 0.367. The van der Waals surface area contributed by atoms with Crippen molar-refractivity contribution < 1.29 is 4.79 Å². The monoisotopic (exact) mass is 209 g/mol. The lowest BCUT2D eigenvalue weighted by Gasteiger charge is -2.33. The van der Waals surface area contributed by atoms with E-state index in [2.05, 4.69) is 18.7 Å². The molecule has 86 valence electrons. The third kappa shape index (κ3) is 2.35. The fourth-order valence-corrected chi connectivity index (χ4v) is 2.87. The average molecular weight is 209 g/mol. The van der Waals surface area contributed by atoms with Gasteiger partial charge < -0.3 is 4.90 Å². The van der Waals surface area contributed by atoms with Crippen LogP contribution >= 0.6 is 0 Å². The highest BCUT2D eigenvalue weighted by Gasteiger charge is 2.42. The standard InChI is InChI=1S/C13H23NO/c1-3-14(11-7-5-4-6-8-11)13(15)12-9-10(12)2/h10-12H,3-9H2,1-2H3. The lowest BCUT2D eigenvalue weighted by molar-refractivity contribution is -0.135. The van der Waals surface area contributed by atoms with E-state index in [-0.39, 0.29) is 0 Å². The maximum atomic E-state index is 12.2. The molecule has 2 saturated carbocycles. The van der Waals surface area contributed by atoms with E-state index >= 15 is 0 Å². The van der Waals surface area contributed by atoms with Gasteiger partial charge in [-0.05, 0) is 32.1 Å². The molecule has 2 nitrogen and oxygen atoms in total. The van der Waals surface area contributed by atoms with Gasteiger partial charge >= 0.3 is 0 Å². The number of rotatable bonds is 3. The molecule has 15 heavy (non-hydrogen) atoms. The van der Waals surface area contributed by atoms with Gasteiger partial charge in [-0.3, -0.25) is 4.79 Å². The second kappa shape index (κ2) is 4.54. The first-order valence-electron chi connectivity index (χ1n) is 6.54. The number of amides is 1. The van der Waals surface area contributed by atoms with E-state index in [9.17, 15) is 4.79 Å². The van der Waals surface area contributed by atoms with Gasteiger partial charge in [-0.2, -0.15) is 0 Å². The Morgan fingerprint density at radius 2 is 1.87 bits per heavy atom. The Hall–Kier alpha value is -0.530. The lowest BCUT2D eigenvalue weighted by Crippen LogP contribution is -2.42. The van der Waals surface area contributed by atoms with Crippen LogP contribution in [-0.2, 0) is 4.79 Å². The van der Waals surface area contributed by atoms with Crippen molar-refractivity contribution in [2.24, 2.45) is 11.8 Å². The van der Waals surface area contributed by atoms with Crippen molar-refractivity contribution in [2.75, 3.05) is 6.54 Å². The Bertz CT molecular complexity index is 233. The molecule has 2 aliphatic rings. The summed E-state index contributed by atoms with van der Waals surface area (Å²) in [6, 6.07) is 0.559. The number of carbonyl (C=O) groups excluding carboxylic acids is 1. The first kappa shape index (κ1) is 11.0. The summed E-state index contributed by atoms with van der Waals surface area (Å²) in [5.41, 5.74) is 0. The summed E-state index contributed by atoms with van der Waals surface area (Å²) in [6.07, 6.45) is 7.59. The molecular formula is C13H23NO. The Balaban J connectivity index is 1.93. The van der Waals surface area contributed by atoms with Crippen LogP contribution in [0, 0.1) is 11.8 Å². The molecule has 0 aliphatic heterocycles. The van der Waals surface area contributed by atoms with Crippen LogP contribution in [0.15, 0.2) is 0 Å². The van der Waals surface area contributed by atoms with Gasteiger partial charge in [-0.25, -0.2) is 0 Å². The molecule has 0 aromatic rings. The van der Waals surface area contributed by atoms with Gasteiger partial charge in [0.15, 0.2) is 0 Å². The van der Waals surface area contributed by atoms with E-state index < -0.39 is 0 Å². The second-order valence-electron chi connectivity index (χ2n) is 5.24. The fraction of sp³-hybridized carbons (Fsp3) is 0.923. The van der Waals surface area contributed by atoms with Crippen LogP contribution in [0.5, 0.6) is 0 Å². The minimum Gasteiger partial charge on any atom is -0.340 e. The third-order valence-corrected chi connectivity index (χ3v) is 4.07. The molecule has 0 spiro atoms. The van der Waals surface area contributed by atoms with Crippen molar-refractivity contribution in [3.8, 4) is 0 Å². The number of hydrogen-bond acceptors (Lipinski definition) is 1. The first-order chi connectivity index (χ1) is 7.24. The second-order valence-corrected chi connectivity index (χ2v) is 5.24. The van der Waals surface area contributed by atoms with Gasteiger partial charge in [0.2, 0.25) is 5.91 Å². The predicted molar refractivity (Wildman–Crippen MR) is 61.5 cm³/mol. The molecule has 0 aromatic heterocycles. The molecule has 2 atom stereocenters. The zero-order valence-electron chi connectivity index (χ0n) is 10.0. The summed E-state index contributed by atoms with van der Waals surface area (Å²) in [4.78, 5) is 14.3. The molecule has 2 heteroatoms. The van der Waals surface area contributed by atoms with E-state index in [1.807, 2.05) is 0 Å². The molecule has 0 heterocycles. The Morgan fingerprint density at radius 1 is 1.27 bits per heavy atom. The molecule has 0 N–H and O–H groups in total. The van der Waals surface area contributed by atoms with Crippen LogP contribution in [0.25, 0.3) is 0 Å². The summed E-state index contributed by atoms with van der Waals surface area (Å²) < 4.78 is 0. The largest absolute Gasteiger partial charge is 0.340 e. The van der Waals surface area contributed by atoms with Gasteiger partial charge in [0.05, 0.1) is 0 Å².